The van der Waals surface area contributed by atoms with Gasteiger partial charge in [0.05, 0.1) is 18.9 Å². The second kappa shape index (κ2) is 8.22. The summed E-state index contributed by atoms with van der Waals surface area (Å²) in [5.74, 6) is -0.736. The third kappa shape index (κ3) is 4.28. The first kappa shape index (κ1) is 18.9. The number of thiophene rings is 1. The van der Waals surface area contributed by atoms with Crippen LogP contribution < -0.4 is 4.74 Å². The van der Waals surface area contributed by atoms with Gasteiger partial charge >= 0.3 is 5.97 Å². The number of hydrogen-bond acceptors (Lipinski definition) is 6. The largest absolute Gasteiger partial charge is 0.504 e. The minimum Gasteiger partial charge on any atom is -0.504 e. The number of rotatable bonds is 7. The van der Waals surface area contributed by atoms with Crippen molar-refractivity contribution in [1.82, 2.24) is 5.01 Å². The molecule has 0 unspecified atom stereocenters. The van der Waals surface area contributed by atoms with Crippen molar-refractivity contribution in [2.24, 2.45) is 5.10 Å². The van der Waals surface area contributed by atoms with E-state index in [1.807, 2.05) is 17.5 Å². The number of aliphatic carboxylic acids is 1. The molecule has 0 bridgehead atoms. The quantitative estimate of drug-likeness (QED) is 0.757. The molecule has 0 saturated heterocycles. The summed E-state index contributed by atoms with van der Waals surface area (Å²) in [6.07, 6.45) is 0.900. The van der Waals surface area contributed by atoms with Gasteiger partial charge in [-0.25, -0.2) is 5.01 Å². The number of phenols is 1. The monoisotopic (exact) mass is 388 g/mol. The molecular formula is C19H20N2O5S. The molecule has 3 rings (SSSR count). The molecule has 1 aromatic carbocycles. The van der Waals surface area contributed by atoms with E-state index < -0.39 is 5.97 Å². The van der Waals surface area contributed by atoms with Crippen LogP contribution in [0.25, 0.3) is 0 Å². The van der Waals surface area contributed by atoms with E-state index in [-0.39, 0.29) is 37.0 Å². The minimum absolute atomic E-state index is 0.0382. The molecule has 7 nitrogen and oxygen atoms in total. The molecule has 8 heteroatoms. The Morgan fingerprint density at radius 3 is 2.81 bits per heavy atom. The third-order valence-electron chi connectivity index (χ3n) is 4.33. The van der Waals surface area contributed by atoms with E-state index in [1.165, 1.54) is 18.2 Å². The Bertz CT molecular complexity index is 863. The Hall–Kier alpha value is -2.87. The summed E-state index contributed by atoms with van der Waals surface area (Å²) >= 11 is 1.55. The van der Waals surface area contributed by atoms with Crippen LogP contribution in [0, 0.1) is 0 Å². The van der Waals surface area contributed by atoms with Gasteiger partial charge in [-0.2, -0.15) is 5.10 Å². The van der Waals surface area contributed by atoms with Crippen LogP contribution in [0.4, 0.5) is 0 Å². The van der Waals surface area contributed by atoms with Crippen molar-refractivity contribution in [2.75, 3.05) is 7.11 Å². The number of nitrogens with zero attached hydrogens (tertiary/aromatic N) is 2. The van der Waals surface area contributed by atoms with Gasteiger partial charge in [0.25, 0.3) is 0 Å². The number of carbonyl (C=O) groups excluding carboxylic acids is 1. The maximum absolute atomic E-state index is 12.7. The summed E-state index contributed by atoms with van der Waals surface area (Å²) in [4.78, 5) is 24.4. The molecule has 0 spiro atoms. The van der Waals surface area contributed by atoms with Crippen LogP contribution in [0.5, 0.6) is 11.5 Å². The lowest BCUT2D eigenvalue weighted by Gasteiger charge is -2.20. The molecule has 1 aliphatic rings. The fraction of sp³-hybridized carbons (Fsp3) is 0.316. The van der Waals surface area contributed by atoms with Crippen LogP contribution in [0.3, 0.4) is 0 Å². The third-order valence-corrected chi connectivity index (χ3v) is 5.31. The highest BCUT2D eigenvalue weighted by atomic mass is 32.1. The van der Waals surface area contributed by atoms with Crippen molar-refractivity contribution in [3.63, 3.8) is 0 Å². The van der Waals surface area contributed by atoms with Gasteiger partial charge in [-0.3, -0.25) is 9.59 Å². The van der Waals surface area contributed by atoms with Gasteiger partial charge in [-0.1, -0.05) is 6.07 Å². The Morgan fingerprint density at radius 2 is 2.15 bits per heavy atom. The minimum atomic E-state index is -0.917. The Morgan fingerprint density at radius 1 is 1.33 bits per heavy atom. The number of hydrogen-bond donors (Lipinski definition) is 2. The molecular weight excluding hydrogens is 368 g/mol. The molecule has 2 aromatic rings. The van der Waals surface area contributed by atoms with Gasteiger partial charge in [0, 0.05) is 29.7 Å². The number of hydrazone groups is 1. The fourth-order valence-corrected chi connectivity index (χ4v) is 3.79. The average Bonchev–Trinajstić information content (AvgIpc) is 3.31. The fourth-order valence-electron chi connectivity index (χ4n) is 2.98. The highest BCUT2D eigenvalue weighted by molar-refractivity contribution is 7.10. The number of benzene rings is 1. The SMILES string of the molecule is COc1cc(C2=NN(C(=O)CCCC(=O)O)[C@H](c3cccs3)C2)ccc1O. The van der Waals surface area contributed by atoms with E-state index >= 15 is 0 Å². The average molecular weight is 388 g/mol. The summed E-state index contributed by atoms with van der Waals surface area (Å²) in [5, 5.41) is 26.5. The van der Waals surface area contributed by atoms with Gasteiger partial charge in [-0.15, -0.1) is 11.3 Å². The van der Waals surface area contributed by atoms with Crippen LogP contribution in [0.2, 0.25) is 0 Å². The summed E-state index contributed by atoms with van der Waals surface area (Å²) in [6.45, 7) is 0. The summed E-state index contributed by atoms with van der Waals surface area (Å²) in [6, 6.07) is 8.64. The van der Waals surface area contributed by atoms with Crippen molar-refractivity contribution in [3.8, 4) is 11.5 Å². The Kier molecular flexibility index (Phi) is 5.75. The van der Waals surface area contributed by atoms with Crippen LogP contribution >= 0.6 is 11.3 Å². The smallest absolute Gasteiger partial charge is 0.303 e. The molecule has 0 fully saturated rings. The number of amides is 1. The molecule has 0 aliphatic carbocycles. The van der Waals surface area contributed by atoms with Gasteiger partial charge in [0.1, 0.15) is 0 Å². The zero-order valence-corrected chi connectivity index (χ0v) is 15.6. The molecule has 0 radical (unpaired) electrons. The van der Waals surface area contributed by atoms with Gasteiger partial charge in [-0.05, 0) is 36.1 Å². The zero-order chi connectivity index (χ0) is 19.4. The van der Waals surface area contributed by atoms with Crippen molar-refractivity contribution >= 4 is 28.9 Å². The standard InChI is InChI=1S/C19H20N2O5S/c1-26-16-10-12(7-8-15(16)22)13-11-14(17-4-3-9-27-17)21(20-13)18(23)5-2-6-19(24)25/h3-4,7-10,14,22H,2,5-6,11H2,1H3,(H,24,25)/t14-/m0/s1. The Labute approximate surface area is 160 Å². The zero-order valence-electron chi connectivity index (χ0n) is 14.8. The highest BCUT2D eigenvalue weighted by Gasteiger charge is 2.33. The van der Waals surface area contributed by atoms with Crippen molar-refractivity contribution in [2.45, 2.75) is 31.7 Å². The number of carboxylic acids is 1. The van der Waals surface area contributed by atoms with E-state index in [2.05, 4.69) is 5.10 Å². The first-order chi connectivity index (χ1) is 13.0. The van der Waals surface area contributed by atoms with E-state index in [0.717, 1.165) is 16.2 Å². The topological polar surface area (TPSA) is 99.4 Å². The predicted octanol–water partition coefficient (Wildman–Crippen LogP) is 3.39. The number of ether oxygens (including phenoxy) is 1. The van der Waals surface area contributed by atoms with E-state index in [1.54, 1.807) is 23.5 Å². The Balaban J connectivity index is 1.85. The van der Waals surface area contributed by atoms with E-state index in [9.17, 15) is 14.7 Å². The number of phenolic OH excluding ortho intramolecular Hbond substituents is 1. The van der Waals surface area contributed by atoms with Crippen LogP contribution in [0.1, 0.15) is 42.2 Å². The molecule has 2 heterocycles. The molecule has 1 atom stereocenters. The number of methoxy groups -OCH3 is 1. The highest BCUT2D eigenvalue weighted by Crippen LogP contribution is 2.37. The molecule has 1 aromatic heterocycles. The van der Waals surface area contributed by atoms with E-state index in [4.69, 9.17) is 9.84 Å². The predicted molar refractivity (Wildman–Crippen MR) is 101 cm³/mol. The molecule has 2 N–H and O–H groups in total. The first-order valence-electron chi connectivity index (χ1n) is 8.51. The summed E-state index contributed by atoms with van der Waals surface area (Å²) < 4.78 is 5.16. The molecule has 27 heavy (non-hydrogen) atoms. The van der Waals surface area contributed by atoms with Gasteiger partial charge in [0.2, 0.25) is 5.91 Å². The van der Waals surface area contributed by atoms with Crippen molar-refractivity contribution in [1.29, 1.82) is 0 Å². The molecule has 1 aliphatic heterocycles. The van der Waals surface area contributed by atoms with Crippen molar-refractivity contribution < 1.29 is 24.5 Å². The summed E-state index contributed by atoms with van der Waals surface area (Å²) in [7, 11) is 1.47. The number of aromatic hydroxyl groups is 1. The number of carboxylic acid groups (broad SMARTS) is 1. The first-order valence-corrected chi connectivity index (χ1v) is 9.39. The van der Waals surface area contributed by atoms with Gasteiger partial charge < -0.3 is 14.9 Å². The van der Waals surface area contributed by atoms with Crippen LogP contribution in [-0.4, -0.2) is 39.9 Å². The molecule has 0 saturated carbocycles. The summed E-state index contributed by atoms with van der Waals surface area (Å²) in [5.41, 5.74) is 1.49. The lowest BCUT2D eigenvalue weighted by molar-refractivity contribution is -0.137. The molecule has 142 valence electrons. The van der Waals surface area contributed by atoms with E-state index in [0.29, 0.717) is 12.2 Å². The van der Waals surface area contributed by atoms with Crippen molar-refractivity contribution in [3.05, 3.63) is 46.2 Å². The lowest BCUT2D eigenvalue weighted by Crippen LogP contribution is -2.26. The maximum Gasteiger partial charge on any atom is 0.303 e. The number of carbonyl (C=O) groups is 2. The normalized spacial score (nSPS) is 16.3. The van der Waals surface area contributed by atoms with Gasteiger partial charge in [0.15, 0.2) is 11.5 Å². The molecule has 1 amide bonds. The second-order valence-corrected chi connectivity index (χ2v) is 7.13. The lowest BCUT2D eigenvalue weighted by atomic mass is 10.0. The second-order valence-electron chi connectivity index (χ2n) is 6.15. The maximum atomic E-state index is 12.7. The van der Waals surface area contributed by atoms with Crippen LogP contribution in [-0.2, 0) is 9.59 Å². The van der Waals surface area contributed by atoms with Crippen LogP contribution in [0.15, 0.2) is 40.8 Å².